The van der Waals surface area contributed by atoms with Gasteiger partial charge in [0.05, 0.1) is 24.2 Å². The molecule has 10 heteroatoms. The van der Waals surface area contributed by atoms with E-state index in [1.807, 2.05) is 49.9 Å². The van der Waals surface area contributed by atoms with Crippen molar-refractivity contribution in [1.82, 2.24) is 19.9 Å². The number of hydrogen-bond acceptors (Lipinski definition) is 8. The summed E-state index contributed by atoms with van der Waals surface area (Å²) in [6, 6.07) is 14.9. The Morgan fingerprint density at radius 1 is 1.18 bits per heavy atom. The second-order valence-corrected chi connectivity index (χ2v) is 9.88. The largest absolute Gasteiger partial charge is 0.338 e. The van der Waals surface area contributed by atoms with Crippen LogP contribution in [0.1, 0.15) is 41.8 Å². The topological polar surface area (TPSA) is 120 Å². The van der Waals surface area contributed by atoms with Gasteiger partial charge in [-0.2, -0.15) is 5.26 Å². The number of nitrogens with one attached hydrogen (secondary N) is 2. The minimum Gasteiger partial charge on any atom is -0.338 e. The van der Waals surface area contributed by atoms with Crippen molar-refractivity contribution < 1.29 is 9.18 Å². The molecule has 2 aromatic carbocycles. The van der Waals surface area contributed by atoms with Crippen LogP contribution < -0.4 is 15.5 Å². The van der Waals surface area contributed by atoms with Crippen LogP contribution in [0.2, 0.25) is 0 Å². The number of alkyl halides is 1. The maximum atomic E-state index is 13.7. The molecule has 1 amide bonds. The Morgan fingerprint density at radius 3 is 2.79 bits per heavy atom. The van der Waals surface area contributed by atoms with Crippen LogP contribution >= 0.6 is 0 Å². The molecule has 0 radical (unpaired) electrons. The maximum Gasteiger partial charge on any atom is 0.255 e. The second kappa shape index (κ2) is 10.0. The summed E-state index contributed by atoms with van der Waals surface area (Å²) in [5.41, 5.74) is 3.84. The molecular weight excluding hydrogens is 483 g/mol. The third kappa shape index (κ3) is 5.09. The number of nitriles is 1. The molecule has 1 aliphatic heterocycles. The summed E-state index contributed by atoms with van der Waals surface area (Å²) in [6.45, 7) is 6.40. The van der Waals surface area contributed by atoms with E-state index in [1.54, 1.807) is 24.4 Å². The predicted molar refractivity (Wildman–Crippen MR) is 144 cm³/mol. The molecular formula is C28H27FN8O. The third-order valence-corrected chi connectivity index (χ3v) is 6.65. The molecule has 1 fully saturated rings. The number of rotatable bonds is 6. The number of amides is 1. The maximum absolute atomic E-state index is 13.7. The van der Waals surface area contributed by atoms with Crippen molar-refractivity contribution in [3.8, 4) is 6.07 Å². The SMILES string of the molecule is Cc1ccc(C(=O)Nc2cccc(C(C)(C)C#N)c2)cc1Nc1ncnc2cnc(N3CC[C@@H](F)C3)nc12. The van der Waals surface area contributed by atoms with Gasteiger partial charge in [0, 0.05) is 23.5 Å². The molecule has 1 aliphatic rings. The molecule has 2 aromatic heterocycles. The van der Waals surface area contributed by atoms with Crippen LogP contribution in [0, 0.1) is 18.3 Å². The van der Waals surface area contributed by atoms with Crippen LogP contribution in [0.4, 0.5) is 27.5 Å². The molecule has 192 valence electrons. The van der Waals surface area contributed by atoms with Gasteiger partial charge in [-0.05, 0) is 62.6 Å². The number of fused-ring (bicyclic) bond motifs is 1. The number of carbonyl (C=O) groups is 1. The quantitative estimate of drug-likeness (QED) is 0.369. The van der Waals surface area contributed by atoms with Gasteiger partial charge in [0.1, 0.15) is 23.5 Å². The zero-order chi connectivity index (χ0) is 26.9. The molecule has 38 heavy (non-hydrogen) atoms. The lowest BCUT2D eigenvalue weighted by atomic mass is 9.86. The van der Waals surface area contributed by atoms with E-state index in [0.717, 1.165) is 11.1 Å². The van der Waals surface area contributed by atoms with Crippen molar-refractivity contribution in [2.45, 2.75) is 38.8 Å². The summed E-state index contributed by atoms with van der Waals surface area (Å²) in [4.78, 5) is 32.5. The smallest absolute Gasteiger partial charge is 0.255 e. The number of benzene rings is 2. The fourth-order valence-electron chi connectivity index (χ4n) is 4.27. The summed E-state index contributed by atoms with van der Waals surface area (Å²) in [6.07, 6.45) is 2.58. The highest BCUT2D eigenvalue weighted by Crippen LogP contribution is 2.28. The van der Waals surface area contributed by atoms with Crippen molar-refractivity contribution >= 4 is 40.1 Å². The van der Waals surface area contributed by atoms with Gasteiger partial charge in [-0.15, -0.1) is 0 Å². The molecule has 2 N–H and O–H groups in total. The Morgan fingerprint density at radius 2 is 2.03 bits per heavy atom. The van der Waals surface area contributed by atoms with Crippen LogP contribution in [-0.2, 0) is 5.41 Å². The monoisotopic (exact) mass is 510 g/mol. The van der Waals surface area contributed by atoms with E-state index >= 15 is 0 Å². The summed E-state index contributed by atoms with van der Waals surface area (Å²) in [5, 5.41) is 15.7. The van der Waals surface area contributed by atoms with Gasteiger partial charge < -0.3 is 15.5 Å². The predicted octanol–water partition coefficient (Wildman–Crippen LogP) is 5.07. The fourth-order valence-corrected chi connectivity index (χ4v) is 4.27. The molecule has 4 aromatic rings. The Labute approximate surface area is 219 Å². The number of halogens is 1. The van der Waals surface area contributed by atoms with E-state index in [1.165, 1.54) is 6.33 Å². The van der Waals surface area contributed by atoms with Crippen molar-refractivity contribution in [3.63, 3.8) is 0 Å². The van der Waals surface area contributed by atoms with Crippen LogP contribution in [0.25, 0.3) is 11.0 Å². The molecule has 9 nitrogen and oxygen atoms in total. The second-order valence-electron chi connectivity index (χ2n) is 9.88. The van der Waals surface area contributed by atoms with Crippen LogP contribution in [0.5, 0.6) is 0 Å². The van der Waals surface area contributed by atoms with E-state index in [9.17, 15) is 14.4 Å². The summed E-state index contributed by atoms with van der Waals surface area (Å²) >= 11 is 0. The Bertz CT molecular complexity index is 1560. The Balaban J connectivity index is 1.40. The van der Waals surface area contributed by atoms with Crippen LogP contribution in [-0.4, -0.2) is 45.1 Å². The van der Waals surface area contributed by atoms with E-state index < -0.39 is 11.6 Å². The fraction of sp³-hybridized carbons (Fsp3) is 0.286. The van der Waals surface area contributed by atoms with Gasteiger partial charge in [-0.3, -0.25) is 4.79 Å². The normalized spacial score (nSPS) is 15.3. The first-order valence-electron chi connectivity index (χ1n) is 12.3. The molecule has 0 unspecified atom stereocenters. The zero-order valence-corrected chi connectivity index (χ0v) is 21.4. The molecule has 0 aliphatic carbocycles. The zero-order valence-electron chi connectivity index (χ0n) is 21.4. The van der Waals surface area contributed by atoms with Gasteiger partial charge in [0.2, 0.25) is 5.95 Å². The number of nitrogens with zero attached hydrogens (tertiary/aromatic N) is 6. The highest BCUT2D eigenvalue weighted by Gasteiger charge is 2.24. The number of aryl methyl sites for hydroxylation is 1. The number of hydrogen-bond donors (Lipinski definition) is 2. The van der Waals surface area contributed by atoms with E-state index in [2.05, 4.69) is 36.6 Å². The van der Waals surface area contributed by atoms with Gasteiger partial charge >= 0.3 is 0 Å². The lowest BCUT2D eigenvalue weighted by Gasteiger charge is -2.17. The third-order valence-electron chi connectivity index (χ3n) is 6.65. The van der Waals surface area contributed by atoms with Crippen molar-refractivity contribution in [1.29, 1.82) is 5.26 Å². The molecule has 0 saturated carbocycles. The number of carbonyl (C=O) groups excluding carboxylic acids is 1. The van der Waals surface area contributed by atoms with Gasteiger partial charge in [-0.1, -0.05) is 18.2 Å². The first-order chi connectivity index (χ1) is 18.2. The van der Waals surface area contributed by atoms with E-state index in [4.69, 9.17) is 0 Å². The molecule has 0 spiro atoms. The van der Waals surface area contributed by atoms with E-state index in [-0.39, 0.29) is 12.5 Å². The standard InChI is InChI=1S/C28H27FN8O/c1-17-7-8-18(26(38)34-21-6-4-5-19(12-21)28(2,3)15-30)11-22(17)35-25-24-23(32-16-33-25)13-31-27(36-24)37-10-9-20(29)14-37/h4-8,11-13,16,20H,9-10,14H2,1-3H3,(H,34,38)(H,32,33,35)/t20-/m1/s1. The molecule has 5 rings (SSSR count). The van der Waals surface area contributed by atoms with Gasteiger partial charge in [0.25, 0.3) is 5.91 Å². The summed E-state index contributed by atoms with van der Waals surface area (Å²) < 4.78 is 13.7. The van der Waals surface area contributed by atoms with Crippen molar-refractivity contribution in [3.05, 3.63) is 71.7 Å². The average Bonchev–Trinajstić information content (AvgIpc) is 3.36. The van der Waals surface area contributed by atoms with Crippen LogP contribution in [0.15, 0.2) is 55.0 Å². The Hall–Kier alpha value is -4.65. The first kappa shape index (κ1) is 25.0. The minimum absolute atomic E-state index is 0.259. The molecule has 3 heterocycles. The summed E-state index contributed by atoms with van der Waals surface area (Å²) in [5.74, 6) is 0.607. The number of aromatic nitrogens is 4. The highest BCUT2D eigenvalue weighted by atomic mass is 19.1. The van der Waals surface area contributed by atoms with Gasteiger partial charge in [0.15, 0.2) is 5.82 Å². The van der Waals surface area contributed by atoms with Crippen molar-refractivity contribution in [2.24, 2.45) is 0 Å². The Kier molecular flexibility index (Phi) is 6.59. The van der Waals surface area contributed by atoms with E-state index in [0.29, 0.717) is 52.7 Å². The lowest BCUT2D eigenvalue weighted by Crippen LogP contribution is -2.22. The average molecular weight is 511 g/mol. The molecule has 1 atom stereocenters. The molecule has 0 bridgehead atoms. The number of anilines is 4. The molecule has 1 saturated heterocycles. The lowest BCUT2D eigenvalue weighted by molar-refractivity contribution is 0.102. The van der Waals surface area contributed by atoms with Crippen molar-refractivity contribution in [2.75, 3.05) is 28.6 Å². The van der Waals surface area contributed by atoms with Gasteiger partial charge in [-0.25, -0.2) is 24.3 Å². The minimum atomic E-state index is -0.893. The van der Waals surface area contributed by atoms with Crippen LogP contribution in [0.3, 0.4) is 0 Å². The highest BCUT2D eigenvalue weighted by molar-refractivity contribution is 6.05. The first-order valence-corrected chi connectivity index (χ1v) is 12.3. The summed E-state index contributed by atoms with van der Waals surface area (Å²) in [7, 11) is 0.